The van der Waals surface area contributed by atoms with Crippen molar-refractivity contribution in [3.8, 4) is 11.5 Å². The number of nitrogens with two attached hydrogens (primary N) is 1. The maximum atomic E-state index is 12.2. The molecule has 266 valence electrons. The molecule has 1 unspecified atom stereocenters. The van der Waals surface area contributed by atoms with E-state index < -0.39 is 9.76 Å². The number of nitro benzene ring substituents is 1. The van der Waals surface area contributed by atoms with Crippen LogP contribution in [0.2, 0.25) is 5.02 Å². The summed E-state index contributed by atoms with van der Waals surface area (Å²) < 4.78 is 10.7. The Morgan fingerprint density at radius 3 is 2.14 bits per heavy atom. The van der Waals surface area contributed by atoms with Crippen LogP contribution in [0.5, 0.6) is 11.5 Å². The number of aryl methyl sites for hydroxylation is 2. The minimum Gasteiger partial charge on any atom is -0.456 e. The van der Waals surface area contributed by atoms with E-state index in [0.717, 1.165) is 23.2 Å². The summed E-state index contributed by atoms with van der Waals surface area (Å²) in [5.74, 6) is 0.429. The first-order chi connectivity index (χ1) is 23.3. The summed E-state index contributed by atoms with van der Waals surface area (Å²) in [6.45, 7) is 14.4. The molecule has 14 heteroatoms. The van der Waals surface area contributed by atoms with Crippen LogP contribution in [0.1, 0.15) is 25.0 Å². The van der Waals surface area contributed by atoms with Gasteiger partial charge in [-0.1, -0.05) is 90.3 Å². The number of benzene rings is 3. The molecule has 3 rings (SSSR count). The lowest BCUT2D eigenvalue weighted by Crippen LogP contribution is -2.43. The summed E-state index contributed by atoms with van der Waals surface area (Å²) >= 11 is 22.5. The summed E-state index contributed by atoms with van der Waals surface area (Å²) in [5, 5.41) is 10.7. The zero-order valence-corrected chi connectivity index (χ0v) is 30.9. The number of ether oxygens (including phenoxy) is 2. The van der Waals surface area contributed by atoms with Crippen molar-refractivity contribution < 1.29 is 24.0 Å². The van der Waals surface area contributed by atoms with Gasteiger partial charge in [0, 0.05) is 26.3 Å². The Hall–Kier alpha value is -3.80. The number of nitrogen functional groups attached to an aromatic ring is 1. The smallest absolute Gasteiger partial charge is 0.293 e. The Morgan fingerprint density at radius 1 is 1.04 bits per heavy atom. The number of rotatable bonds is 14. The lowest BCUT2D eigenvalue weighted by Gasteiger charge is -2.31. The zero-order valence-electron chi connectivity index (χ0n) is 27.9. The minimum atomic E-state index is -1.01. The van der Waals surface area contributed by atoms with Gasteiger partial charge in [-0.15, -0.1) is 24.8 Å². The van der Waals surface area contributed by atoms with E-state index in [1.54, 1.807) is 48.4 Å². The van der Waals surface area contributed by atoms with Crippen molar-refractivity contribution in [1.82, 2.24) is 4.90 Å². The first kappa shape index (κ1) is 43.2. The summed E-state index contributed by atoms with van der Waals surface area (Å²) in [5.41, 5.74) is 8.46. The molecule has 0 aliphatic heterocycles. The molecular formula is C35H42Cl4N4O6. The molecule has 0 saturated heterocycles. The van der Waals surface area contributed by atoms with Crippen LogP contribution >= 0.6 is 46.4 Å². The average Bonchev–Trinajstić information content (AvgIpc) is 3.08. The van der Waals surface area contributed by atoms with Crippen molar-refractivity contribution >= 4 is 75.3 Å². The van der Waals surface area contributed by atoms with E-state index in [0.29, 0.717) is 25.4 Å². The Kier molecular flexibility index (Phi) is 20.1. The quantitative estimate of drug-likeness (QED) is 0.0573. The van der Waals surface area contributed by atoms with Gasteiger partial charge in [-0.05, 0) is 49.6 Å². The third-order valence-electron chi connectivity index (χ3n) is 6.66. The third-order valence-corrected chi connectivity index (χ3v) is 7.65. The van der Waals surface area contributed by atoms with Crippen molar-refractivity contribution in [2.24, 2.45) is 0 Å². The van der Waals surface area contributed by atoms with Gasteiger partial charge >= 0.3 is 0 Å². The molecule has 3 aromatic carbocycles. The van der Waals surface area contributed by atoms with Crippen molar-refractivity contribution in [2.75, 3.05) is 43.3 Å². The molecular weight excluding hydrogens is 714 g/mol. The standard InChI is InChI=1S/C15H22ClNO2.C12H9ClN2O3.C8H11Cl2NO/c1-5-13-8-6-7-11(2)15(13)17(14(18)9-16)12(3)10-19-4;13-11-10(18-8-4-2-1-3-5-8)7-6-9(12(11)14)15(16)17;1-3-5-11(6-4-2)8(12)7(9)10/h6-8,12H,5,9-10H2,1-4H3;1-7H,14H2;3-4,7H,1-2,5-6H2. The van der Waals surface area contributed by atoms with Gasteiger partial charge in [0.25, 0.3) is 11.6 Å². The predicted molar refractivity (Wildman–Crippen MR) is 202 cm³/mol. The zero-order chi connectivity index (χ0) is 37.1. The van der Waals surface area contributed by atoms with E-state index in [9.17, 15) is 19.7 Å². The van der Waals surface area contributed by atoms with E-state index in [1.165, 1.54) is 17.0 Å². The highest BCUT2D eigenvalue weighted by molar-refractivity contribution is 6.53. The lowest BCUT2D eigenvalue weighted by atomic mass is 10.0. The Labute approximate surface area is 308 Å². The van der Waals surface area contributed by atoms with E-state index in [-0.39, 0.29) is 45.9 Å². The molecule has 0 heterocycles. The number of para-hydroxylation sites is 2. The van der Waals surface area contributed by atoms with Crippen LogP contribution in [-0.2, 0) is 20.7 Å². The van der Waals surface area contributed by atoms with E-state index in [2.05, 4.69) is 26.1 Å². The van der Waals surface area contributed by atoms with Gasteiger partial charge in [-0.2, -0.15) is 0 Å². The molecule has 0 aromatic heterocycles. The summed E-state index contributed by atoms with van der Waals surface area (Å²) in [7, 11) is 1.64. The van der Waals surface area contributed by atoms with Crippen molar-refractivity contribution in [1.29, 1.82) is 0 Å². The SMILES string of the molecule is C=CCN(CC=C)C(=O)C(Cl)Cl.CCc1cccc(C)c1N(C(=O)CCl)C(C)COC.Nc1c([N+](=O)[O-])ccc(Oc2ccccc2)c1Cl. The van der Waals surface area contributed by atoms with Gasteiger partial charge in [0.1, 0.15) is 28.1 Å². The number of alkyl halides is 3. The molecule has 0 radical (unpaired) electrons. The number of hydrogen-bond acceptors (Lipinski definition) is 7. The maximum Gasteiger partial charge on any atom is 0.293 e. The van der Waals surface area contributed by atoms with Crippen LogP contribution in [0.3, 0.4) is 0 Å². The number of carbonyl (C=O) groups excluding carboxylic acids is 2. The number of amides is 2. The second-order valence-corrected chi connectivity index (χ2v) is 12.0. The van der Waals surface area contributed by atoms with Crippen molar-refractivity contribution in [3.63, 3.8) is 0 Å². The van der Waals surface area contributed by atoms with Crippen LogP contribution in [0.4, 0.5) is 17.1 Å². The van der Waals surface area contributed by atoms with E-state index in [1.807, 2.05) is 32.0 Å². The van der Waals surface area contributed by atoms with E-state index in [4.69, 9.17) is 61.6 Å². The number of methoxy groups -OCH3 is 1. The van der Waals surface area contributed by atoms with Crippen LogP contribution in [-0.4, -0.2) is 65.2 Å². The number of halogens is 4. The van der Waals surface area contributed by atoms with Gasteiger partial charge in [0.05, 0.1) is 23.3 Å². The molecule has 0 saturated carbocycles. The molecule has 2 N–H and O–H groups in total. The molecule has 1 atom stereocenters. The highest BCUT2D eigenvalue weighted by Gasteiger charge is 2.25. The van der Waals surface area contributed by atoms with Crippen LogP contribution in [0, 0.1) is 17.0 Å². The maximum absolute atomic E-state index is 12.2. The monoisotopic (exact) mass is 754 g/mol. The molecule has 0 aliphatic rings. The van der Waals surface area contributed by atoms with Crippen molar-refractivity contribution in [3.05, 3.63) is 112 Å². The van der Waals surface area contributed by atoms with Crippen molar-refractivity contribution in [2.45, 2.75) is 38.1 Å². The van der Waals surface area contributed by atoms with Gasteiger partial charge in [-0.25, -0.2) is 0 Å². The van der Waals surface area contributed by atoms with Crippen LogP contribution < -0.4 is 15.4 Å². The lowest BCUT2D eigenvalue weighted by molar-refractivity contribution is -0.383. The van der Waals surface area contributed by atoms with E-state index >= 15 is 0 Å². The molecule has 0 fully saturated rings. The summed E-state index contributed by atoms with van der Waals surface area (Å²) in [4.78, 5) is 35.7. The van der Waals surface area contributed by atoms with Crippen LogP contribution in [0.25, 0.3) is 0 Å². The highest BCUT2D eigenvalue weighted by Crippen LogP contribution is 2.38. The average molecular weight is 757 g/mol. The molecule has 3 aromatic rings. The minimum absolute atomic E-state index is 0.0223. The normalized spacial score (nSPS) is 10.8. The third kappa shape index (κ3) is 13.6. The van der Waals surface area contributed by atoms with Gasteiger partial charge < -0.3 is 25.0 Å². The fraction of sp³-hybridized carbons (Fsp3) is 0.314. The molecule has 0 spiro atoms. The molecule has 0 aliphatic carbocycles. The number of nitro groups is 1. The molecule has 2 amide bonds. The fourth-order valence-corrected chi connectivity index (χ4v) is 5.04. The van der Waals surface area contributed by atoms with Crippen LogP contribution in [0.15, 0.2) is 86.0 Å². The molecule has 10 nitrogen and oxygen atoms in total. The Morgan fingerprint density at radius 2 is 1.65 bits per heavy atom. The summed E-state index contributed by atoms with van der Waals surface area (Å²) in [6, 6.07) is 17.7. The number of carbonyl (C=O) groups is 2. The Balaban J connectivity index is 0.000000378. The fourth-order valence-electron chi connectivity index (χ4n) is 4.44. The first-order valence-electron chi connectivity index (χ1n) is 15.0. The summed E-state index contributed by atoms with van der Waals surface area (Å²) in [6.07, 6.45) is 4.10. The topological polar surface area (TPSA) is 128 Å². The largest absolute Gasteiger partial charge is 0.456 e. The van der Waals surface area contributed by atoms with Gasteiger partial charge in [0.15, 0.2) is 4.84 Å². The molecule has 0 bridgehead atoms. The predicted octanol–water partition coefficient (Wildman–Crippen LogP) is 8.78. The highest BCUT2D eigenvalue weighted by atomic mass is 35.5. The molecule has 49 heavy (non-hydrogen) atoms. The van der Waals surface area contributed by atoms with Gasteiger partial charge in [0.2, 0.25) is 5.91 Å². The second kappa shape index (κ2) is 22.8. The Bertz CT molecular complexity index is 1530. The van der Waals surface area contributed by atoms with Gasteiger partial charge in [-0.3, -0.25) is 19.7 Å². The number of anilines is 2. The number of nitrogens with zero attached hydrogens (tertiary/aromatic N) is 3. The second-order valence-electron chi connectivity index (χ2n) is 10.2. The number of hydrogen-bond donors (Lipinski definition) is 1. The first-order valence-corrected chi connectivity index (χ1v) is 16.8.